The third-order valence-electron chi connectivity index (χ3n) is 7.57. The van der Waals surface area contributed by atoms with Crippen LogP contribution in [0.5, 0.6) is 5.75 Å². The van der Waals surface area contributed by atoms with E-state index in [1.165, 1.54) is 37.4 Å². The lowest BCUT2D eigenvalue weighted by Gasteiger charge is -2.32. The van der Waals surface area contributed by atoms with Gasteiger partial charge in [-0.3, -0.25) is 9.59 Å². The van der Waals surface area contributed by atoms with Crippen molar-refractivity contribution in [2.75, 3.05) is 12.4 Å². The second kappa shape index (κ2) is 11.3. The number of alkyl halides is 3. The number of hydrogen-bond acceptors (Lipinski definition) is 6. The number of methoxy groups -OCH3 is 1. The first-order chi connectivity index (χ1) is 18.6. The molecule has 2 fully saturated rings. The highest BCUT2D eigenvalue weighted by atomic mass is 32.2. The van der Waals surface area contributed by atoms with Gasteiger partial charge in [-0.2, -0.15) is 13.2 Å². The molecule has 2 aromatic carbocycles. The Hall–Kier alpha value is -2.77. The van der Waals surface area contributed by atoms with Crippen LogP contribution in [0.1, 0.15) is 57.3 Å². The second-order valence-electron chi connectivity index (χ2n) is 10.8. The molecule has 13 heteroatoms. The third kappa shape index (κ3) is 6.58. The van der Waals surface area contributed by atoms with E-state index in [0.717, 1.165) is 6.07 Å². The Balaban J connectivity index is 1.50. The maximum absolute atomic E-state index is 15.0. The van der Waals surface area contributed by atoms with Crippen molar-refractivity contribution in [2.24, 2.45) is 5.92 Å². The van der Waals surface area contributed by atoms with Crippen LogP contribution in [0.4, 0.5) is 23.2 Å². The van der Waals surface area contributed by atoms with Gasteiger partial charge in [0, 0.05) is 28.2 Å². The maximum atomic E-state index is 15.0. The quantitative estimate of drug-likeness (QED) is 0.263. The molecular weight excluding hydrogens is 551 g/mol. The highest BCUT2D eigenvalue weighted by molar-refractivity contribution is 8.00. The summed E-state index contributed by atoms with van der Waals surface area (Å²) in [6, 6.07) is 7.37. The number of carbonyl (C=O) groups is 2. The topological polar surface area (TPSA) is 85.9 Å². The fourth-order valence-electron chi connectivity index (χ4n) is 4.77. The lowest BCUT2D eigenvalue weighted by atomic mass is 9.77. The van der Waals surface area contributed by atoms with Gasteiger partial charge in [-0.25, -0.2) is 4.39 Å². The standard InChI is InChI=1S/C27H31BF4N2O5S/c1-25(2)26(3,4)39-28(38-25)19-13-18(22(37-5)14-20(19)29)24(36)34-21-11-7-10-17(21)23(35)33-15-8-6-9-16(12-15)40-27(30,31)32/h6,8-9,12-14,17,21H,7,10-11H2,1-5H3,(H,33,35)(H,34,36). The van der Waals surface area contributed by atoms with Crippen molar-refractivity contribution in [1.29, 1.82) is 0 Å². The van der Waals surface area contributed by atoms with E-state index in [1.807, 2.05) is 27.7 Å². The number of anilines is 1. The fraction of sp³-hybridized carbons (Fsp3) is 0.481. The molecule has 2 atom stereocenters. The van der Waals surface area contributed by atoms with Gasteiger partial charge >= 0.3 is 12.6 Å². The summed E-state index contributed by atoms with van der Waals surface area (Å²) in [5.74, 6) is -2.25. The van der Waals surface area contributed by atoms with Gasteiger partial charge < -0.3 is 24.7 Å². The van der Waals surface area contributed by atoms with E-state index in [1.54, 1.807) is 0 Å². The zero-order chi connectivity index (χ0) is 29.5. The van der Waals surface area contributed by atoms with Crippen LogP contribution in [-0.4, -0.2) is 48.8 Å². The first-order valence-corrected chi connectivity index (χ1v) is 13.6. The molecule has 40 heavy (non-hydrogen) atoms. The number of amides is 2. The molecule has 1 heterocycles. The minimum Gasteiger partial charge on any atom is -0.496 e. The van der Waals surface area contributed by atoms with Crippen molar-refractivity contribution in [2.45, 2.75) is 74.6 Å². The van der Waals surface area contributed by atoms with Gasteiger partial charge in [-0.15, -0.1) is 0 Å². The number of hydrogen-bond donors (Lipinski definition) is 2. The molecule has 2 amide bonds. The fourth-order valence-corrected chi connectivity index (χ4v) is 5.37. The average Bonchev–Trinajstić information content (AvgIpc) is 3.38. The summed E-state index contributed by atoms with van der Waals surface area (Å²) in [7, 11) is 0.274. The third-order valence-corrected chi connectivity index (χ3v) is 8.30. The normalized spacial score (nSPS) is 21.8. The number of thioether (sulfide) groups is 1. The maximum Gasteiger partial charge on any atom is 0.497 e. The minimum absolute atomic E-state index is 0.00763. The largest absolute Gasteiger partial charge is 0.497 e. The van der Waals surface area contributed by atoms with E-state index in [9.17, 15) is 22.8 Å². The molecule has 0 radical (unpaired) electrons. The zero-order valence-electron chi connectivity index (χ0n) is 22.8. The molecule has 1 aliphatic heterocycles. The smallest absolute Gasteiger partial charge is 0.496 e. The molecule has 0 bridgehead atoms. The van der Waals surface area contributed by atoms with Crippen LogP contribution >= 0.6 is 11.8 Å². The first kappa shape index (κ1) is 30.2. The second-order valence-corrected chi connectivity index (χ2v) is 12.0. The summed E-state index contributed by atoms with van der Waals surface area (Å²) in [5.41, 5.74) is -5.57. The summed E-state index contributed by atoms with van der Waals surface area (Å²) in [6.07, 6.45) is 1.65. The summed E-state index contributed by atoms with van der Waals surface area (Å²) in [6.45, 7) is 7.33. The number of nitrogens with one attached hydrogen (secondary N) is 2. The number of rotatable bonds is 7. The highest BCUT2D eigenvalue weighted by Gasteiger charge is 2.52. The summed E-state index contributed by atoms with van der Waals surface area (Å²) in [4.78, 5) is 26.4. The molecule has 2 N–H and O–H groups in total. The molecule has 2 aliphatic rings. The molecule has 1 aliphatic carbocycles. The van der Waals surface area contributed by atoms with E-state index < -0.39 is 53.4 Å². The molecule has 0 spiro atoms. The van der Waals surface area contributed by atoms with Gasteiger partial charge in [0.15, 0.2) is 0 Å². The molecule has 1 saturated heterocycles. The molecule has 2 aromatic rings. The molecule has 7 nitrogen and oxygen atoms in total. The van der Waals surface area contributed by atoms with Gasteiger partial charge in [0.05, 0.1) is 29.8 Å². The number of carbonyl (C=O) groups excluding carboxylic acids is 2. The predicted octanol–water partition coefficient (Wildman–Crippen LogP) is 5.28. The van der Waals surface area contributed by atoms with Crippen LogP contribution in [0.15, 0.2) is 41.3 Å². The van der Waals surface area contributed by atoms with E-state index in [2.05, 4.69) is 10.6 Å². The van der Waals surface area contributed by atoms with Crippen LogP contribution in [0.3, 0.4) is 0 Å². The molecule has 216 valence electrons. The van der Waals surface area contributed by atoms with E-state index >= 15 is 4.39 Å². The number of halogens is 4. The molecule has 2 unspecified atom stereocenters. The van der Waals surface area contributed by atoms with Gasteiger partial charge in [0.25, 0.3) is 5.91 Å². The predicted molar refractivity (Wildman–Crippen MR) is 144 cm³/mol. The van der Waals surface area contributed by atoms with Crippen LogP contribution < -0.4 is 20.8 Å². The van der Waals surface area contributed by atoms with Gasteiger partial charge in [0.1, 0.15) is 11.6 Å². The van der Waals surface area contributed by atoms with Crippen LogP contribution in [-0.2, 0) is 14.1 Å². The van der Waals surface area contributed by atoms with Crippen LogP contribution in [0.25, 0.3) is 0 Å². The average molecular weight is 582 g/mol. The van der Waals surface area contributed by atoms with Crippen LogP contribution in [0.2, 0.25) is 0 Å². The highest BCUT2D eigenvalue weighted by Crippen LogP contribution is 2.38. The lowest BCUT2D eigenvalue weighted by Crippen LogP contribution is -2.43. The Kier molecular flexibility index (Phi) is 8.49. The first-order valence-electron chi connectivity index (χ1n) is 12.8. The van der Waals surface area contributed by atoms with Crippen molar-refractivity contribution in [3.8, 4) is 5.75 Å². The molecule has 0 aromatic heterocycles. The zero-order valence-corrected chi connectivity index (χ0v) is 23.6. The van der Waals surface area contributed by atoms with E-state index in [4.69, 9.17) is 14.0 Å². The summed E-state index contributed by atoms with van der Waals surface area (Å²) >= 11 is -0.270. The Morgan fingerprint density at radius 1 is 1.07 bits per heavy atom. The minimum atomic E-state index is -4.45. The lowest BCUT2D eigenvalue weighted by molar-refractivity contribution is -0.120. The van der Waals surface area contributed by atoms with Gasteiger partial charge in [-0.05, 0) is 76.6 Å². The Morgan fingerprint density at radius 3 is 2.38 bits per heavy atom. The van der Waals surface area contributed by atoms with Gasteiger partial charge in [-0.1, -0.05) is 12.5 Å². The van der Waals surface area contributed by atoms with E-state index in [0.29, 0.717) is 19.3 Å². The van der Waals surface area contributed by atoms with Crippen molar-refractivity contribution >= 4 is 41.8 Å². The van der Waals surface area contributed by atoms with Gasteiger partial charge in [0.2, 0.25) is 5.91 Å². The van der Waals surface area contributed by atoms with Crippen molar-refractivity contribution in [3.05, 3.63) is 47.8 Å². The van der Waals surface area contributed by atoms with Crippen LogP contribution in [0, 0.1) is 11.7 Å². The van der Waals surface area contributed by atoms with Crippen molar-refractivity contribution < 1.29 is 41.2 Å². The van der Waals surface area contributed by atoms with Crippen molar-refractivity contribution in [3.63, 3.8) is 0 Å². The summed E-state index contributed by atoms with van der Waals surface area (Å²) in [5, 5.41) is 5.53. The molecule has 1 saturated carbocycles. The van der Waals surface area contributed by atoms with E-state index in [-0.39, 0.29) is 39.1 Å². The number of ether oxygens (including phenoxy) is 1. The van der Waals surface area contributed by atoms with Crippen molar-refractivity contribution in [1.82, 2.24) is 5.32 Å². The Morgan fingerprint density at radius 2 is 1.75 bits per heavy atom. The summed E-state index contributed by atoms with van der Waals surface area (Å²) < 4.78 is 70.5. The molecular formula is C27H31BF4N2O5S. The monoisotopic (exact) mass is 582 g/mol. The Labute approximate surface area is 234 Å². The molecule has 4 rings (SSSR count). The number of benzene rings is 2. The SMILES string of the molecule is COc1cc(F)c(B2OC(C)(C)C(C)(C)O2)cc1C(=O)NC1CCCC1C(=O)Nc1cccc(SC(F)(F)F)c1. The Bertz CT molecular complexity index is 1270.